The van der Waals surface area contributed by atoms with Gasteiger partial charge in [0.05, 0.1) is 11.7 Å². The third-order valence-electron chi connectivity index (χ3n) is 2.20. The molecular formula is C11H12IN3. The van der Waals surface area contributed by atoms with Crippen LogP contribution in [0.1, 0.15) is 18.7 Å². The predicted molar refractivity (Wildman–Crippen MR) is 69.8 cm³/mol. The Labute approximate surface area is 102 Å². The first-order valence-electron chi connectivity index (χ1n) is 4.77. The number of benzene rings is 1. The number of nitrogens with one attached hydrogen (secondary N) is 2. The van der Waals surface area contributed by atoms with Gasteiger partial charge in [0.25, 0.3) is 0 Å². The van der Waals surface area contributed by atoms with E-state index < -0.39 is 0 Å². The first-order chi connectivity index (χ1) is 7.25. The monoisotopic (exact) mass is 313 g/mol. The molecule has 0 spiro atoms. The lowest BCUT2D eigenvalue weighted by Crippen LogP contribution is -2.06. The summed E-state index contributed by atoms with van der Waals surface area (Å²) >= 11 is 2.31. The zero-order valence-electron chi connectivity index (χ0n) is 8.37. The largest absolute Gasteiger partial charge is 0.377 e. The number of hydrogen-bond donors (Lipinski definition) is 2. The molecule has 1 aromatic heterocycles. The minimum atomic E-state index is 0.241. The van der Waals surface area contributed by atoms with Crippen molar-refractivity contribution in [1.82, 2.24) is 10.2 Å². The van der Waals surface area contributed by atoms with Crippen LogP contribution in [0.2, 0.25) is 0 Å². The van der Waals surface area contributed by atoms with E-state index in [0.29, 0.717) is 0 Å². The molecule has 2 rings (SSSR count). The first kappa shape index (κ1) is 10.5. The first-order valence-corrected chi connectivity index (χ1v) is 5.85. The Morgan fingerprint density at radius 3 is 2.93 bits per heavy atom. The summed E-state index contributed by atoms with van der Waals surface area (Å²) in [6.07, 6.45) is 1.77. The van der Waals surface area contributed by atoms with E-state index in [9.17, 15) is 0 Å². The summed E-state index contributed by atoms with van der Waals surface area (Å²) < 4.78 is 1.23. The van der Waals surface area contributed by atoms with Crippen molar-refractivity contribution in [3.8, 4) is 0 Å². The lowest BCUT2D eigenvalue weighted by atomic mass is 10.2. The average molecular weight is 313 g/mol. The number of halogens is 1. The van der Waals surface area contributed by atoms with E-state index in [-0.39, 0.29) is 6.04 Å². The molecule has 0 radical (unpaired) electrons. The van der Waals surface area contributed by atoms with E-state index in [0.717, 1.165) is 11.4 Å². The lowest BCUT2D eigenvalue weighted by molar-refractivity contribution is 0.825. The van der Waals surface area contributed by atoms with E-state index in [1.165, 1.54) is 3.57 Å². The zero-order valence-corrected chi connectivity index (χ0v) is 10.5. The van der Waals surface area contributed by atoms with Gasteiger partial charge in [-0.3, -0.25) is 5.10 Å². The van der Waals surface area contributed by atoms with Crippen LogP contribution in [-0.4, -0.2) is 10.2 Å². The Kier molecular flexibility index (Phi) is 3.25. The smallest absolute Gasteiger partial charge is 0.0651 e. The molecule has 1 heterocycles. The second-order valence-corrected chi connectivity index (χ2v) is 4.63. The van der Waals surface area contributed by atoms with Gasteiger partial charge in [0, 0.05) is 15.5 Å². The quantitative estimate of drug-likeness (QED) is 0.855. The molecule has 0 bridgehead atoms. The molecule has 0 fully saturated rings. The maximum absolute atomic E-state index is 3.94. The third kappa shape index (κ3) is 2.71. The summed E-state index contributed by atoms with van der Waals surface area (Å²) in [5, 5.41) is 10.3. The molecule has 1 aromatic carbocycles. The van der Waals surface area contributed by atoms with E-state index in [1.807, 2.05) is 12.1 Å². The fourth-order valence-electron chi connectivity index (χ4n) is 1.41. The van der Waals surface area contributed by atoms with Crippen LogP contribution in [0.3, 0.4) is 0 Å². The summed E-state index contributed by atoms with van der Waals surface area (Å²) in [5.41, 5.74) is 2.22. The van der Waals surface area contributed by atoms with Crippen LogP contribution in [-0.2, 0) is 0 Å². The van der Waals surface area contributed by atoms with Crippen LogP contribution in [0.5, 0.6) is 0 Å². The normalized spacial score (nSPS) is 12.4. The highest BCUT2D eigenvalue weighted by Gasteiger charge is 2.05. The topological polar surface area (TPSA) is 40.7 Å². The molecule has 1 atom stereocenters. The number of rotatable bonds is 3. The highest BCUT2D eigenvalue weighted by molar-refractivity contribution is 14.1. The molecule has 2 aromatic rings. The number of hydrogen-bond acceptors (Lipinski definition) is 2. The summed E-state index contributed by atoms with van der Waals surface area (Å²) in [6.45, 7) is 2.10. The van der Waals surface area contributed by atoms with Crippen molar-refractivity contribution in [2.45, 2.75) is 13.0 Å². The van der Waals surface area contributed by atoms with Gasteiger partial charge in [-0.2, -0.15) is 5.10 Å². The van der Waals surface area contributed by atoms with Crippen molar-refractivity contribution in [3.05, 3.63) is 45.8 Å². The van der Waals surface area contributed by atoms with Crippen LogP contribution >= 0.6 is 22.6 Å². The molecule has 78 valence electrons. The van der Waals surface area contributed by atoms with Gasteiger partial charge in [0.2, 0.25) is 0 Å². The maximum atomic E-state index is 3.94. The van der Waals surface area contributed by atoms with Gasteiger partial charge in [-0.05, 0) is 53.8 Å². The van der Waals surface area contributed by atoms with Crippen molar-refractivity contribution in [3.63, 3.8) is 0 Å². The van der Waals surface area contributed by atoms with Crippen molar-refractivity contribution in [2.75, 3.05) is 5.32 Å². The van der Waals surface area contributed by atoms with Gasteiger partial charge in [0.15, 0.2) is 0 Å². The van der Waals surface area contributed by atoms with Gasteiger partial charge in [-0.15, -0.1) is 0 Å². The Bertz CT molecular complexity index is 425. The Hall–Kier alpha value is -1.04. The van der Waals surface area contributed by atoms with E-state index in [4.69, 9.17) is 0 Å². The zero-order chi connectivity index (χ0) is 10.7. The van der Waals surface area contributed by atoms with E-state index in [2.05, 4.69) is 63.2 Å². The molecular weight excluding hydrogens is 301 g/mol. The predicted octanol–water partition coefficient (Wildman–Crippen LogP) is 3.19. The van der Waals surface area contributed by atoms with E-state index in [1.54, 1.807) is 6.20 Å². The molecule has 0 saturated carbocycles. The van der Waals surface area contributed by atoms with E-state index >= 15 is 0 Å². The summed E-state index contributed by atoms with van der Waals surface area (Å²) in [4.78, 5) is 0. The highest BCUT2D eigenvalue weighted by Crippen LogP contribution is 2.18. The summed E-state index contributed by atoms with van der Waals surface area (Å²) in [6, 6.07) is 10.5. The van der Waals surface area contributed by atoms with Gasteiger partial charge in [-0.1, -0.05) is 6.07 Å². The van der Waals surface area contributed by atoms with Crippen molar-refractivity contribution in [2.24, 2.45) is 0 Å². The van der Waals surface area contributed by atoms with Gasteiger partial charge in [0.1, 0.15) is 0 Å². The Balaban J connectivity index is 2.09. The van der Waals surface area contributed by atoms with Crippen LogP contribution in [0.15, 0.2) is 36.5 Å². The van der Waals surface area contributed by atoms with Crippen LogP contribution in [0.25, 0.3) is 0 Å². The van der Waals surface area contributed by atoms with Crippen molar-refractivity contribution >= 4 is 28.3 Å². The molecule has 0 aliphatic carbocycles. The standard InChI is InChI=1S/C11H12IN3/c1-8(11-5-6-13-15-11)14-10-4-2-3-9(12)7-10/h2-8,14H,1H3,(H,13,15). The second-order valence-electron chi connectivity index (χ2n) is 3.39. The molecule has 0 aliphatic rings. The molecule has 4 heteroatoms. The lowest BCUT2D eigenvalue weighted by Gasteiger charge is -2.13. The number of anilines is 1. The molecule has 3 nitrogen and oxygen atoms in total. The third-order valence-corrected chi connectivity index (χ3v) is 2.87. The Morgan fingerprint density at radius 2 is 2.27 bits per heavy atom. The fourth-order valence-corrected chi connectivity index (χ4v) is 1.96. The molecule has 0 amide bonds. The van der Waals surface area contributed by atoms with Gasteiger partial charge in [-0.25, -0.2) is 0 Å². The SMILES string of the molecule is CC(Nc1cccc(I)c1)c1ccn[nH]1. The number of H-pyrrole nitrogens is 1. The van der Waals surface area contributed by atoms with Crippen LogP contribution < -0.4 is 5.32 Å². The highest BCUT2D eigenvalue weighted by atomic mass is 127. The number of aromatic amines is 1. The molecule has 2 N–H and O–H groups in total. The van der Waals surface area contributed by atoms with Crippen LogP contribution in [0, 0.1) is 3.57 Å². The molecule has 1 unspecified atom stereocenters. The molecule has 0 aliphatic heterocycles. The fraction of sp³-hybridized carbons (Fsp3) is 0.182. The van der Waals surface area contributed by atoms with Crippen LogP contribution in [0.4, 0.5) is 5.69 Å². The maximum Gasteiger partial charge on any atom is 0.0651 e. The number of aromatic nitrogens is 2. The van der Waals surface area contributed by atoms with Crippen molar-refractivity contribution < 1.29 is 0 Å². The average Bonchev–Trinajstić information content (AvgIpc) is 2.70. The van der Waals surface area contributed by atoms with Gasteiger partial charge < -0.3 is 5.32 Å². The van der Waals surface area contributed by atoms with Crippen molar-refractivity contribution in [1.29, 1.82) is 0 Å². The summed E-state index contributed by atoms with van der Waals surface area (Å²) in [5.74, 6) is 0. The minimum absolute atomic E-state index is 0.241. The number of nitrogens with zero attached hydrogens (tertiary/aromatic N) is 1. The second kappa shape index (κ2) is 4.65. The Morgan fingerprint density at radius 1 is 1.40 bits per heavy atom. The molecule has 0 saturated heterocycles. The summed E-state index contributed by atoms with van der Waals surface area (Å²) in [7, 11) is 0. The minimum Gasteiger partial charge on any atom is -0.377 e. The van der Waals surface area contributed by atoms with Gasteiger partial charge >= 0.3 is 0 Å². The molecule has 15 heavy (non-hydrogen) atoms.